The van der Waals surface area contributed by atoms with Gasteiger partial charge >= 0.3 is 0 Å². The zero-order chi connectivity index (χ0) is 10.0. The lowest BCUT2D eigenvalue weighted by Crippen LogP contribution is -2.11. The maximum absolute atomic E-state index is 12.9. The number of rotatable bonds is 2. The number of carbonyl (C=O) groups excluding carboxylic acids is 1. The van der Waals surface area contributed by atoms with Gasteiger partial charge in [0, 0.05) is 11.5 Å². The largest absolute Gasteiger partial charge is 0.396 e. The van der Waals surface area contributed by atoms with E-state index in [1.165, 1.54) is 12.1 Å². The summed E-state index contributed by atoms with van der Waals surface area (Å²) in [6, 6.07) is 4.27. The van der Waals surface area contributed by atoms with Crippen LogP contribution >= 0.6 is 0 Å². The van der Waals surface area contributed by atoms with Crippen LogP contribution in [0.3, 0.4) is 0 Å². The van der Waals surface area contributed by atoms with Crippen molar-refractivity contribution in [2.75, 3.05) is 5.73 Å². The maximum Gasteiger partial charge on any atom is 0.167 e. The van der Waals surface area contributed by atoms with E-state index in [0.29, 0.717) is 0 Å². The predicted molar refractivity (Wildman–Crippen MR) is 50.0 cm³/mol. The van der Waals surface area contributed by atoms with Crippen molar-refractivity contribution in [2.45, 2.75) is 13.8 Å². The van der Waals surface area contributed by atoms with Crippen molar-refractivity contribution in [3.05, 3.63) is 29.6 Å². The predicted octanol–water partition coefficient (Wildman–Crippen LogP) is 2.25. The quantitative estimate of drug-likeness (QED) is 0.561. The molecular formula is C10H12FNO. The summed E-state index contributed by atoms with van der Waals surface area (Å²) in [4.78, 5) is 11.5. The van der Waals surface area contributed by atoms with E-state index in [4.69, 9.17) is 5.73 Å². The number of nitrogens with two attached hydrogens (primary N) is 1. The lowest BCUT2D eigenvalue weighted by molar-refractivity contribution is 0.0940. The van der Waals surface area contributed by atoms with Gasteiger partial charge in [0.15, 0.2) is 5.78 Å². The summed E-state index contributed by atoms with van der Waals surface area (Å²) in [6.45, 7) is 3.51. The monoisotopic (exact) mass is 181 g/mol. The highest BCUT2D eigenvalue weighted by Crippen LogP contribution is 2.18. The standard InChI is InChI=1S/C10H12FNO/c1-6(2)10(13)7-4-3-5-8(11)9(7)12/h3-6H,12H2,1-2H3. The molecule has 70 valence electrons. The van der Waals surface area contributed by atoms with E-state index in [1.54, 1.807) is 19.9 Å². The van der Waals surface area contributed by atoms with Crippen LogP contribution in [0, 0.1) is 11.7 Å². The summed E-state index contributed by atoms with van der Waals surface area (Å²) in [5, 5.41) is 0. The van der Waals surface area contributed by atoms with E-state index in [0.717, 1.165) is 0 Å². The average Bonchev–Trinajstić information content (AvgIpc) is 2.08. The van der Waals surface area contributed by atoms with Crippen molar-refractivity contribution in [1.82, 2.24) is 0 Å². The third-order valence-corrected chi connectivity index (χ3v) is 1.84. The van der Waals surface area contributed by atoms with Gasteiger partial charge in [-0.25, -0.2) is 4.39 Å². The molecule has 1 rings (SSSR count). The molecule has 13 heavy (non-hydrogen) atoms. The molecule has 0 aromatic heterocycles. The van der Waals surface area contributed by atoms with E-state index < -0.39 is 5.82 Å². The molecule has 0 unspecified atom stereocenters. The highest BCUT2D eigenvalue weighted by atomic mass is 19.1. The topological polar surface area (TPSA) is 43.1 Å². The number of carbonyl (C=O) groups is 1. The van der Waals surface area contributed by atoms with Crippen LogP contribution in [0.4, 0.5) is 10.1 Å². The fourth-order valence-electron chi connectivity index (χ4n) is 1.06. The van der Waals surface area contributed by atoms with Crippen LogP contribution in [0.25, 0.3) is 0 Å². The van der Waals surface area contributed by atoms with E-state index in [2.05, 4.69) is 0 Å². The minimum Gasteiger partial charge on any atom is -0.396 e. The van der Waals surface area contributed by atoms with Gasteiger partial charge in [-0.05, 0) is 12.1 Å². The van der Waals surface area contributed by atoms with Gasteiger partial charge in [0.25, 0.3) is 0 Å². The fraction of sp³-hybridized carbons (Fsp3) is 0.300. The van der Waals surface area contributed by atoms with Crippen LogP contribution in [0.15, 0.2) is 18.2 Å². The van der Waals surface area contributed by atoms with Crippen LogP contribution in [0.2, 0.25) is 0 Å². The molecule has 0 aliphatic rings. The number of hydrogen-bond donors (Lipinski definition) is 1. The van der Waals surface area contributed by atoms with E-state index >= 15 is 0 Å². The molecule has 0 fully saturated rings. The zero-order valence-electron chi connectivity index (χ0n) is 7.67. The molecule has 1 aromatic rings. The molecule has 0 amide bonds. The minimum absolute atomic E-state index is 0.0544. The number of halogens is 1. The van der Waals surface area contributed by atoms with Crippen molar-refractivity contribution in [1.29, 1.82) is 0 Å². The molecule has 0 aliphatic carbocycles. The highest BCUT2D eigenvalue weighted by molar-refractivity contribution is 6.01. The van der Waals surface area contributed by atoms with Crippen molar-refractivity contribution in [3.8, 4) is 0 Å². The average molecular weight is 181 g/mol. The number of benzene rings is 1. The van der Waals surface area contributed by atoms with Gasteiger partial charge < -0.3 is 5.73 Å². The third-order valence-electron chi connectivity index (χ3n) is 1.84. The smallest absolute Gasteiger partial charge is 0.167 e. The lowest BCUT2D eigenvalue weighted by atomic mass is 9.99. The first-order valence-corrected chi connectivity index (χ1v) is 4.12. The Balaban J connectivity index is 3.15. The second kappa shape index (κ2) is 3.56. The number of ketones is 1. The molecule has 3 heteroatoms. The molecule has 0 saturated carbocycles. The summed E-state index contributed by atoms with van der Waals surface area (Å²) in [5.41, 5.74) is 5.64. The van der Waals surface area contributed by atoms with Crippen LogP contribution in [-0.2, 0) is 0 Å². The van der Waals surface area contributed by atoms with Crippen molar-refractivity contribution in [2.24, 2.45) is 5.92 Å². The Morgan fingerprint density at radius 3 is 2.62 bits per heavy atom. The molecule has 2 N–H and O–H groups in total. The summed E-state index contributed by atoms with van der Waals surface area (Å²) in [6.07, 6.45) is 0. The molecule has 0 atom stereocenters. The normalized spacial score (nSPS) is 10.5. The highest BCUT2D eigenvalue weighted by Gasteiger charge is 2.15. The molecule has 2 nitrogen and oxygen atoms in total. The second-order valence-electron chi connectivity index (χ2n) is 3.22. The van der Waals surface area contributed by atoms with E-state index in [-0.39, 0.29) is 23.0 Å². The van der Waals surface area contributed by atoms with Crippen LogP contribution in [0.5, 0.6) is 0 Å². The maximum atomic E-state index is 12.9. The van der Waals surface area contributed by atoms with Crippen LogP contribution in [0.1, 0.15) is 24.2 Å². The van der Waals surface area contributed by atoms with Crippen LogP contribution in [-0.4, -0.2) is 5.78 Å². The van der Waals surface area contributed by atoms with Gasteiger partial charge in [0.05, 0.1) is 5.69 Å². The third kappa shape index (κ3) is 1.86. The SMILES string of the molecule is CC(C)C(=O)c1cccc(F)c1N. The van der Waals surface area contributed by atoms with Crippen molar-refractivity contribution >= 4 is 11.5 Å². The van der Waals surface area contributed by atoms with E-state index in [1.807, 2.05) is 0 Å². The number of hydrogen-bond acceptors (Lipinski definition) is 2. The Morgan fingerprint density at radius 2 is 2.08 bits per heavy atom. The molecule has 0 saturated heterocycles. The Bertz CT molecular complexity index is 334. The fourth-order valence-corrected chi connectivity index (χ4v) is 1.06. The number of anilines is 1. The Kier molecular flexibility index (Phi) is 2.66. The molecule has 1 aromatic carbocycles. The minimum atomic E-state index is -0.536. The Labute approximate surface area is 76.6 Å². The van der Waals surface area contributed by atoms with Crippen LogP contribution < -0.4 is 5.73 Å². The number of para-hydroxylation sites is 1. The summed E-state index contributed by atoms with van der Waals surface area (Å²) in [5.74, 6) is -0.826. The van der Waals surface area contributed by atoms with Gasteiger partial charge in [0.1, 0.15) is 5.82 Å². The zero-order valence-corrected chi connectivity index (χ0v) is 7.67. The molecule has 0 spiro atoms. The van der Waals surface area contributed by atoms with E-state index in [9.17, 15) is 9.18 Å². The second-order valence-corrected chi connectivity index (χ2v) is 3.22. The first kappa shape index (κ1) is 9.71. The molecule has 0 radical (unpaired) electrons. The molecular weight excluding hydrogens is 169 g/mol. The summed E-state index contributed by atoms with van der Waals surface area (Å²) in [7, 11) is 0. The Hall–Kier alpha value is -1.38. The number of nitrogen functional groups attached to an aromatic ring is 1. The van der Waals surface area contributed by atoms with Gasteiger partial charge in [0.2, 0.25) is 0 Å². The molecule has 0 bridgehead atoms. The molecule has 0 heterocycles. The summed E-state index contributed by atoms with van der Waals surface area (Å²) < 4.78 is 12.9. The lowest BCUT2D eigenvalue weighted by Gasteiger charge is -2.07. The number of Topliss-reactive ketones (excluding diaryl/α,β-unsaturated/α-hetero) is 1. The first-order valence-electron chi connectivity index (χ1n) is 4.12. The van der Waals surface area contributed by atoms with Gasteiger partial charge in [-0.3, -0.25) is 4.79 Å². The van der Waals surface area contributed by atoms with Gasteiger partial charge in [-0.1, -0.05) is 19.9 Å². The summed E-state index contributed by atoms with van der Waals surface area (Å²) >= 11 is 0. The van der Waals surface area contributed by atoms with Gasteiger partial charge in [-0.15, -0.1) is 0 Å². The van der Waals surface area contributed by atoms with Crippen molar-refractivity contribution < 1.29 is 9.18 Å². The Morgan fingerprint density at radius 1 is 1.46 bits per heavy atom. The first-order chi connectivity index (χ1) is 6.04. The van der Waals surface area contributed by atoms with Crippen molar-refractivity contribution in [3.63, 3.8) is 0 Å². The van der Waals surface area contributed by atoms with Gasteiger partial charge in [-0.2, -0.15) is 0 Å². The molecule has 0 aliphatic heterocycles.